The summed E-state index contributed by atoms with van der Waals surface area (Å²) in [6.45, 7) is 1.97. The third kappa shape index (κ3) is 9.08. The van der Waals surface area contributed by atoms with Crippen LogP contribution in [-0.4, -0.2) is 22.3 Å². The van der Waals surface area contributed by atoms with Crippen molar-refractivity contribution in [1.29, 1.82) is 0 Å². The first-order valence-corrected chi connectivity index (χ1v) is 4.67. The smallest absolute Gasteiger partial charge is 0.305 e. The van der Waals surface area contributed by atoms with Gasteiger partial charge in [0.1, 0.15) is 0 Å². The molecule has 1 atom stereocenters. The van der Waals surface area contributed by atoms with Gasteiger partial charge in [-0.25, -0.2) is 0 Å². The van der Waals surface area contributed by atoms with Crippen LogP contribution in [0.5, 0.6) is 0 Å². The summed E-state index contributed by atoms with van der Waals surface area (Å²) >= 11 is 0. The predicted octanol–water partition coefficient (Wildman–Crippen LogP) is 1.96. The van der Waals surface area contributed by atoms with Gasteiger partial charge in [-0.15, -0.1) is 0 Å². The number of carbonyl (C=O) groups is 1. The minimum absolute atomic E-state index is 0.135. The standard InChI is InChI=1S/C10H18O3/c1-2-3-4-5-6-7-9(11)8-10(12)13/h2-3,9,11H,4-8H2,1H3,(H,12,13)/b3-2+. The van der Waals surface area contributed by atoms with E-state index in [9.17, 15) is 9.90 Å². The third-order valence-electron chi connectivity index (χ3n) is 1.80. The number of rotatable bonds is 7. The Balaban J connectivity index is 3.26. The number of hydrogen-bond acceptors (Lipinski definition) is 2. The summed E-state index contributed by atoms with van der Waals surface area (Å²) in [5.74, 6) is -0.930. The van der Waals surface area contributed by atoms with Crippen LogP contribution in [0.2, 0.25) is 0 Å². The maximum Gasteiger partial charge on any atom is 0.305 e. The first-order valence-electron chi connectivity index (χ1n) is 4.67. The number of aliphatic hydroxyl groups excluding tert-OH is 1. The average Bonchev–Trinajstić information content (AvgIpc) is 2.02. The molecule has 0 aliphatic rings. The summed E-state index contributed by atoms with van der Waals surface area (Å²) in [6, 6.07) is 0. The van der Waals surface area contributed by atoms with Crippen LogP contribution in [0.25, 0.3) is 0 Å². The molecule has 0 aromatic rings. The van der Waals surface area contributed by atoms with Crippen molar-refractivity contribution in [3.05, 3.63) is 12.2 Å². The molecule has 3 nitrogen and oxygen atoms in total. The van der Waals surface area contributed by atoms with Gasteiger partial charge in [0.05, 0.1) is 12.5 Å². The van der Waals surface area contributed by atoms with E-state index < -0.39 is 12.1 Å². The Hall–Kier alpha value is -0.830. The van der Waals surface area contributed by atoms with Crippen molar-refractivity contribution >= 4 is 5.97 Å². The number of carboxylic acid groups (broad SMARTS) is 1. The highest BCUT2D eigenvalue weighted by Gasteiger charge is 2.07. The van der Waals surface area contributed by atoms with Crippen LogP contribution < -0.4 is 0 Å². The third-order valence-corrected chi connectivity index (χ3v) is 1.80. The van der Waals surface area contributed by atoms with Crippen molar-refractivity contribution in [3.63, 3.8) is 0 Å². The molecule has 0 bridgehead atoms. The molecule has 76 valence electrons. The fourth-order valence-corrected chi connectivity index (χ4v) is 1.11. The van der Waals surface area contributed by atoms with E-state index in [-0.39, 0.29) is 6.42 Å². The predicted molar refractivity (Wildman–Crippen MR) is 51.5 cm³/mol. The second-order valence-electron chi connectivity index (χ2n) is 3.11. The Morgan fingerprint density at radius 2 is 2.15 bits per heavy atom. The summed E-state index contributed by atoms with van der Waals surface area (Å²) in [5, 5.41) is 17.5. The second kappa shape index (κ2) is 7.80. The van der Waals surface area contributed by atoms with E-state index >= 15 is 0 Å². The van der Waals surface area contributed by atoms with Crippen LogP contribution in [0.15, 0.2) is 12.2 Å². The Kier molecular flexibility index (Phi) is 7.30. The lowest BCUT2D eigenvalue weighted by Crippen LogP contribution is -2.12. The number of hydrogen-bond donors (Lipinski definition) is 2. The first-order chi connectivity index (χ1) is 6.16. The molecule has 0 heterocycles. The van der Waals surface area contributed by atoms with Crippen molar-refractivity contribution < 1.29 is 15.0 Å². The van der Waals surface area contributed by atoms with Gasteiger partial charge in [-0.2, -0.15) is 0 Å². The Bertz CT molecular complexity index is 164. The van der Waals surface area contributed by atoms with Gasteiger partial charge in [-0.05, 0) is 26.2 Å². The van der Waals surface area contributed by atoms with E-state index in [0.717, 1.165) is 19.3 Å². The number of unbranched alkanes of at least 4 members (excludes halogenated alkanes) is 2. The Morgan fingerprint density at radius 1 is 1.46 bits per heavy atom. The SMILES string of the molecule is C/C=C/CCCCC(O)CC(=O)O. The lowest BCUT2D eigenvalue weighted by atomic mass is 10.1. The zero-order chi connectivity index (χ0) is 10.1. The average molecular weight is 186 g/mol. The molecule has 0 rings (SSSR count). The van der Waals surface area contributed by atoms with Crippen molar-refractivity contribution in [2.45, 2.75) is 45.1 Å². The normalized spacial score (nSPS) is 13.4. The molecular weight excluding hydrogens is 168 g/mol. The van der Waals surface area contributed by atoms with Gasteiger partial charge in [-0.1, -0.05) is 18.6 Å². The molecule has 0 amide bonds. The van der Waals surface area contributed by atoms with E-state index in [1.807, 2.05) is 13.0 Å². The molecule has 3 heteroatoms. The van der Waals surface area contributed by atoms with Crippen LogP contribution in [-0.2, 0) is 4.79 Å². The molecule has 0 aromatic heterocycles. The summed E-state index contributed by atoms with van der Waals surface area (Å²) in [5.41, 5.74) is 0. The molecule has 2 N–H and O–H groups in total. The summed E-state index contributed by atoms with van der Waals surface area (Å²) in [4.78, 5) is 10.2. The van der Waals surface area contributed by atoms with Crippen molar-refractivity contribution in [2.24, 2.45) is 0 Å². The fourth-order valence-electron chi connectivity index (χ4n) is 1.11. The minimum atomic E-state index is -0.930. The van der Waals surface area contributed by atoms with Crippen LogP contribution in [0, 0.1) is 0 Å². The monoisotopic (exact) mass is 186 g/mol. The number of allylic oxidation sites excluding steroid dienone is 2. The van der Waals surface area contributed by atoms with Gasteiger partial charge in [0.25, 0.3) is 0 Å². The van der Waals surface area contributed by atoms with Crippen molar-refractivity contribution in [3.8, 4) is 0 Å². The second-order valence-corrected chi connectivity index (χ2v) is 3.11. The van der Waals surface area contributed by atoms with Gasteiger partial charge in [-0.3, -0.25) is 4.79 Å². The van der Waals surface area contributed by atoms with Crippen LogP contribution in [0.1, 0.15) is 39.0 Å². The quantitative estimate of drug-likeness (QED) is 0.472. The molecule has 0 saturated carbocycles. The van der Waals surface area contributed by atoms with Gasteiger partial charge in [0.2, 0.25) is 0 Å². The Morgan fingerprint density at radius 3 is 2.69 bits per heavy atom. The maximum absolute atomic E-state index is 10.2. The molecule has 0 spiro atoms. The maximum atomic E-state index is 10.2. The largest absolute Gasteiger partial charge is 0.481 e. The van der Waals surface area contributed by atoms with Crippen LogP contribution in [0.3, 0.4) is 0 Å². The van der Waals surface area contributed by atoms with Crippen LogP contribution in [0.4, 0.5) is 0 Å². The highest BCUT2D eigenvalue weighted by Crippen LogP contribution is 2.06. The lowest BCUT2D eigenvalue weighted by molar-refractivity contribution is -0.139. The minimum Gasteiger partial charge on any atom is -0.481 e. The van der Waals surface area contributed by atoms with E-state index in [4.69, 9.17) is 5.11 Å². The van der Waals surface area contributed by atoms with E-state index in [1.54, 1.807) is 0 Å². The molecule has 13 heavy (non-hydrogen) atoms. The Labute approximate surface area is 79.1 Å². The number of carboxylic acids is 1. The molecule has 0 aromatic carbocycles. The molecule has 0 aliphatic carbocycles. The van der Waals surface area contributed by atoms with Gasteiger partial charge >= 0.3 is 5.97 Å². The molecule has 0 radical (unpaired) electrons. The van der Waals surface area contributed by atoms with Gasteiger partial charge < -0.3 is 10.2 Å². The number of aliphatic hydroxyl groups is 1. The first kappa shape index (κ1) is 12.2. The molecule has 0 aliphatic heterocycles. The van der Waals surface area contributed by atoms with Crippen molar-refractivity contribution in [1.82, 2.24) is 0 Å². The van der Waals surface area contributed by atoms with Crippen molar-refractivity contribution in [2.75, 3.05) is 0 Å². The van der Waals surface area contributed by atoms with E-state index in [0.29, 0.717) is 6.42 Å². The number of aliphatic carboxylic acids is 1. The highest BCUT2D eigenvalue weighted by atomic mass is 16.4. The lowest BCUT2D eigenvalue weighted by Gasteiger charge is -2.05. The molecule has 1 unspecified atom stereocenters. The van der Waals surface area contributed by atoms with Gasteiger partial charge in [0, 0.05) is 0 Å². The van der Waals surface area contributed by atoms with Crippen LogP contribution >= 0.6 is 0 Å². The van der Waals surface area contributed by atoms with Gasteiger partial charge in [0.15, 0.2) is 0 Å². The van der Waals surface area contributed by atoms with E-state index in [1.165, 1.54) is 0 Å². The molecule has 0 fully saturated rings. The summed E-state index contributed by atoms with van der Waals surface area (Å²) in [6.07, 6.45) is 6.75. The molecule has 0 saturated heterocycles. The topological polar surface area (TPSA) is 57.5 Å². The van der Waals surface area contributed by atoms with E-state index in [2.05, 4.69) is 6.08 Å². The zero-order valence-electron chi connectivity index (χ0n) is 8.07. The fraction of sp³-hybridized carbons (Fsp3) is 0.700. The summed E-state index contributed by atoms with van der Waals surface area (Å²) in [7, 11) is 0. The zero-order valence-corrected chi connectivity index (χ0v) is 8.07. The molecular formula is C10H18O3. The highest BCUT2D eigenvalue weighted by molar-refractivity contribution is 5.67. The summed E-state index contributed by atoms with van der Waals surface area (Å²) < 4.78 is 0.